The SMILES string of the molecule is CCc1ccc(CN(C)Cc2cc3nc(C)c(C(OC(C)(C)C)C(=O)O)c(-c4cc(F)c5c(c4C)CCCO5)n3n2)cc1. The average Bonchev–Trinajstić information content (AvgIpc) is 3.34. The Bertz CT molecular complexity index is 1660. The fourth-order valence-electron chi connectivity index (χ4n) is 5.85. The molecule has 0 spiro atoms. The van der Waals surface area contributed by atoms with Gasteiger partial charge in [-0.05, 0) is 83.7 Å². The molecule has 0 fully saturated rings. The van der Waals surface area contributed by atoms with Crippen LogP contribution in [0.2, 0.25) is 0 Å². The van der Waals surface area contributed by atoms with E-state index in [9.17, 15) is 9.90 Å². The molecule has 4 aromatic rings. The van der Waals surface area contributed by atoms with Gasteiger partial charge in [0, 0.05) is 41.5 Å². The minimum atomic E-state index is -1.34. The predicted molar refractivity (Wildman–Crippen MR) is 164 cm³/mol. The number of fused-ring (bicyclic) bond motifs is 2. The van der Waals surface area contributed by atoms with Gasteiger partial charge in [-0.1, -0.05) is 31.2 Å². The van der Waals surface area contributed by atoms with Crippen LogP contribution in [0.3, 0.4) is 0 Å². The van der Waals surface area contributed by atoms with Crippen LogP contribution in [0.4, 0.5) is 4.39 Å². The highest BCUT2D eigenvalue weighted by atomic mass is 19.1. The van der Waals surface area contributed by atoms with Crippen LogP contribution in [0.1, 0.15) is 79.4 Å². The standard InChI is InChI=1S/C34H41FN4O4/c1-8-22-11-13-23(14-12-22)18-38(7)19-24-16-28-36-21(3)29(32(33(40)41)43-34(4,5)6)30(39(28)37-24)26-17-27(35)31-25(20(26)2)10-9-15-42-31/h11-14,16-17,32H,8-10,15,18-19H2,1-7H3,(H,40,41). The van der Waals surface area contributed by atoms with Crippen LogP contribution < -0.4 is 4.74 Å². The second-order valence-corrected chi connectivity index (χ2v) is 12.4. The Balaban J connectivity index is 1.66. The summed E-state index contributed by atoms with van der Waals surface area (Å²) in [4.78, 5) is 19.7. The van der Waals surface area contributed by atoms with Gasteiger partial charge in [-0.15, -0.1) is 0 Å². The molecule has 0 saturated carbocycles. The first-order valence-electron chi connectivity index (χ1n) is 14.9. The largest absolute Gasteiger partial charge is 0.490 e. The maximum absolute atomic E-state index is 15.6. The third kappa shape index (κ3) is 6.43. The molecule has 43 heavy (non-hydrogen) atoms. The molecule has 0 aliphatic carbocycles. The lowest BCUT2D eigenvalue weighted by Gasteiger charge is -2.28. The van der Waals surface area contributed by atoms with Crippen LogP contribution in [0, 0.1) is 19.7 Å². The Kier molecular flexibility index (Phi) is 8.58. The molecule has 8 nitrogen and oxygen atoms in total. The third-order valence-corrected chi connectivity index (χ3v) is 7.85. The zero-order valence-corrected chi connectivity index (χ0v) is 26.1. The lowest BCUT2D eigenvalue weighted by molar-refractivity contribution is -0.160. The number of aromatic nitrogens is 3. The van der Waals surface area contributed by atoms with Crippen LogP contribution in [0.15, 0.2) is 36.4 Å². The van der Waals surface area contributed by atoms with Gasteiger partial charge in [0.2, 0.25) is 0 Å². The van der Waals surface area contributed by atoms with E-state index in [1.165, 1.54) is 17.2 Å². The van der Waals surface area contributed by atoms with Crippen molar-refractivity contribution in [1.82, 2.24) is 19.5 Å². The number of carboxylic acids is 1. The van der Waals surface area contributed by atoms with E-state index in [1.807, 2.05) is 40.8 Å². The van der Waals surface area contributed by atoms with Crippen molar-refractivity contribution in [3.8, 4) is 17.0 Å². The quantitative estimate of drug-likeness (QED) is 0.235. The second-order valence-electron chi connectivity index (χ2n) is 12.4. The fourth-order valence-corrected chi connectivity index (χ4v) is 5.85. The molecule has 0 radical (unpaired) electrons. The maximum atomic E-state index is 15.6. The molecule has 1 aliphatic heterocycles. The molecule has 1 atom stereocenters. The van der Waals surface area contributed by atoms with E-state index < -0.39 is 23.5 Å². The number of ether oxygens (including phenoxy) is 2. The third-order valence-electron chi connectivity index (χ3n) is 7.85. The van der Waals surface area contributed by atoms with Crippen molar-refractivity contribution in [2.24, 2.45) is 0 Å². The van der Waals surface area contributed by atoms with Crippen LogP contribution in [0.5, 0.6) is 5.75 Å². The van der Waals surface area contributed by atoms with E-state index >= 15 is 4.39 Å². The topological polar surface area (TPSA) is 89.2 Å². The van der Waals surface area contributed by atoms with Gasteiger partial charge in [0.25, 0.3) is 0 Å². The highest BCUT2D eigenvalue weighted by molar-refractivity contribution is 5.82. The molecule has 0 amide bonds. The monoisotopic (exact) mass is 588 g/mol. The summed E-state index contributed by atoms with van der Waals surface area (Å²) in [6.07, 6.45) is 1.10. The Morgan fingerprint density at radius 3 is 2.51 bits per heavy atom. The Morgan fingerprint density at radius 1 is 1.16 bits per heavy atom. The normalized spacial score (nSPS) is 14.2. The Labute approximate surface area is 252 Å². The molecule has 228 valence electrons. The number of aliphatic carboxylic acids is 1. The van der Waals surface area contributed by atoms with Crippen LogP contribution in [-0.2, 0) is 35.5 Å². The summed E-state index contributed by atoms with van der Waals surface area (Å²) in [5, 5.41) is 15.3. The van der Waals surface area contributed by atoms with Gasteiger partial charge in [-0.25, -0.2) is 18.7 Å². The zero-order chi connectivity index (χ0) is 31.1. The highest BCUT2D eigenvalue weighted by Crippen LogP contribution is 2.41. The predicted octanol–water partition coefficient (Wildman–Crippen LogP) is 6.61. The Hall–Kier alpha value is -3.82. The van der Waals surface area contributed by atoms with Crippen molar-refractivity contribution in [3.05, 3.63) is 81.4 Å². The number of benzene rings is 2. The maximum Gasteiger partial charge on any atom is 0.337 e. The number of rotatable bonds is 9. The molecule has 9 heteroatoms. The van der Waals surface area contributed by atoms with Crippen molar-refractivity contribution in [1.29, 1.82) is 0 Å². The molecule has 0 saturated heterocycles. The lowest BCUT2D eigenvalue weighted by Crippen LogP contribution is -2.29. The number of nitrogens with zero attached hydrogens (tertiary/aromatic N) is 4. The van der Waals surface area contributed by atoms with Gasteiger partial charge in [0.05, 0.1) is 23.6 Å². The highest BCUT2D eigenvalue weighted by Gasteiger charge is 2.34. The lowest BCUT2D eigenvalue weighted by atomic mass is 9.91. The number of carbonyl (C=O) groups is 1. The molecule has 1 aliphatic rings. The van der Waals surface area contributed by atoms with Crippen LogP contribution in [-0.4, -0.2) is 49.8 Å². The molecule has 0 bridgehead atoms. The van der Waals surface area contributed by atoms with Gasteiger partial charge < -0.3 is 14.6 Å². The first-order chi connectivity index (χ1) is 20.4. The summed E-state index contributed by atoms with van der Waals surface area (Å²) in [6, 6.07) is 11.9. The molecule has 1 unspecified atom stereocenters. The number of hydrogen-bond donors (Lipinski definition) is 1. The van der Waals surface area contributed by atoms with Crippen molar-refractivity contribution < 1.29 is 23.8 Å². The average molecular weight is 589 g/mol. The zero-order valence-electron chi connectivity index (χ0n) is 26.1. The molecule has 2 aromatic heterocycles. The van der Waals surface area contributed by atoms with Crippen molar-refractivity contribution >= 4 is 11.6 Å². The summed E-state index contributed by atoms with van der Waals surface area (Å²) in [5.74, 6) is -1.36. The van der Waals surface area contributed by atoms with Gasteiger partial charge in [0.1, 0.15) is 0 Å². The Morgan fingerprint density at radius 2 is 1.86 bits per heavy atom. The van der Waals surface area contributed by atoms with Gasteiger partial charge in [-0.3, -0.25) is 4.90 Å². The number of carboxylic acid groups (broad SMARTS) is 1. The van der Waals surface area contributed by atoms with Crippen molar-refractivity contribution in [2.45, 2.75) is 85.6 Å². The first kappa shape index (κ1) is 30.6. The van der Waals surface area contributed by atoms with Gasteiger partial charge in [0.15, 0.2) is 23.3 Å². The number of aryl methyl sites for hydroxylation is 2. The summed E-state index contributed by atoms with van der Waals surface area (Å²) < 4.78 is 29.0. The first-order valence-corrected chi connectivity index (χ1v) is 14.9. The van der Waals surface area contributed by atoms with E-state index in [1.54, 1.807) is 11.4 Å². The van der Waals surface area contributed by atoms with E-state index in [0.29, 0.717) is 47.7 Å². The molecule has 1 N–H and O–H groups in total. The van der Waals surface area contributed by atoms with Crippen LogP contribution >= 0.6 is 0 Å². The minimum Gasteiger partial charge on any atom is -0.490 e. The molecular formula is C34H41FN4O4. The van der Waals surface area contributed by atoms with Gasteiger partial charge in [-0.2, -0.15) is 5.10 Å². The summed E-state index contributed by atoms with van der Waals surface area (Å²) in [5.41, 5.74) is 6.53. The summed E-state index contributed by atoms with van der Waals surface area (Å²) >= 11 is 0. The van der Waals surface area contributed by atoms with E-state index in [4.69, 9.17) is 19.6 Å². The minimum absolute atomic E-state index is 0.270. The molecule has 2 aromatic carbocycles. The smallest absolute Gasteiger partial charge is 0.337 e. The molecule has 3 heterocycles. The van der Waals surface area contributed by atoms with Crippen LogP contribution in [0.25, 0.3) is 16.9 Å². The summed E-state index contributed by atoms with van der Waals surface area (Å²) in [7, 11) is 2.03. The van der Waals surface area contributed by atoms with Crippen molar-refractivity contribution in [3.63, 3.8) is 0 Å². The molecular weight excluding hydrogens is 547 g/mol. The second kappa shape index (κ2) is 12.1. The number of hydrogen-bond acceptors (Lipinski definition) is 6. The van der Waals surface area contributed by atoms with Gasteiger partial charge >= 0.3 is 5.97 Å². The molecule has 5 rings (SSSR count). The van der Waals surface area contributed by atoms with E-state index in [0.717, 1.165) is 36.2 Å². The summed E-state index contributed by atoms with van der Waals surface area (Å²) in [6.45, 7) is 13.0. The van der Waals surface area contributed by atoms with Crippen molar-refractivity contribution in [2.75, 3.05) is 13.7 Å². The van der Waals surface area contributed by atoms with E-state index in [2.05, 4.69) is 36.1 Å². The fraction of sp³-hybridized carbons (Fsp3) is 0.441. The van der Waals surface area contributed by atoms with E-state index in [-0.39, 0.29) is 5.75 Å². The number of halogens is 1.